The van der Waals surface area contributed by atoms with Crippen LogP contribution in [-0.2, 0) is 6.54 Å². The van der Waals surface area contributed by atoms with Gasteiger partial charge in [0.15, 0.2) is 5.96 Å². The topological polar surface area (TPSA) is 54.2 Å². The number of nitrogens with zero attached hydrogens (tertiary/aromatic N) is 3. The minimum Gasteiger partial charge on any atom is -0.357 e. The fraction of sp³-hybridized carbons (Fsp3) is 0.692. The molecule has 1 aromatic rings. The van der Waals surface area contributed by atoms with Crippen molar-refractivity contribution in [2.45, 2.75) is 33.7 Å². The van der Waals surface area contributed by atoms with E-state index in [2.05, 4.69) is 45.9 Å². The van der Waals surface area contributed by atoms with E-state index in [0.29, 0.717) is 5.92 Å². The van der Waals surface area contributed by atoms with Crippen molar-refractivity contribution in [1.29, 1.82) is 0 Å². The Morgan fingerprint density at radius 1 is 1.37 bits per heavy atom. The van der Waals surface area contributed by atoms with Gasteiger partial charge in [0.2, 0.25) is 0 Å². The van der Waals surface area contributed by atoms with Gasteiger partial charge < -0.3 is 15.2 Å². The van der Waals surface area contributed by atoms with Gasteiger partial charge in [0.1, 0.15) is 0 Å². The number of aliphatic imine (C=N–C) groups is 1. The summed E-state index contributed by atoms with van der Waals surface area (Å²) in [5.74, 6) is 1.50. The molecule has 0 aromatic carbocycles. The van der Waals surface area contributed by atoms with E-state index < -0.39 is 0 Å². The third-order valence-corrected chi connectivity index (χ3v) is 2.40. The van der Waals surface area contributed by atoms with Crippen molar-refractivity contribution >= 4 is 29.9 Å². The lowest BCUT2D eigenvalue weighted by Gasteiger charge is -2.12. The number of halogens is 1. The van der Waals surface area contributed by atoms with Crippen LogP contribution in [0.4, 0.5) is 0 Å². The Morgan fingerprint density at radius 2 is 2.16 bits per heavy atom. The number of hydrogen-bond donors (Lipinski definition) is 2. The third kappa shape index (κ3) is 8.85. The number of nitrogens with one attached hydrogen (secondary N) is 2. The van der Waals surface area contributed by atoms with Crippen molar-refractivity contribution in [3.63, 3.8) is 0 Å². The summed E-state index contributed by atoms with van der Waals surface area (Å²) in [6.07, 6.45) is 6.69. The summed E-state index contributed by atoms with van der Waals surface area (Å²) in [6.45, 7) is 10.1. The first-order valence-corrected chi connectivity index (χ1v) is 6.70. The summed E-state index contributed by atoms with van der Waals surface area (Å²) in [5.41, 5.74) is 0. The van der Waals surface area contributed by atoms with Gasteiger partial charge >= 0.3 is 0 Å². The van der Waals surface area contributed by atoms with Gasteiger partial charge in [-0.15, -0.1) is 24.0 Å². The van der Waals surface area contributed by atoms with Crippen LogP contribution in [0.1, 0.15) is 27.2 Å². The predicted molar refractivity (Wildman–Crippen MR) is 91.1 cm³/mol. The van der Waals surface area contributed by atoms with Crippen LogP contribution in [0.5, 0.6) is 0 Å². The highest BCUT2D eigenvalue weighted by Gasteiger charge is 1.98. The van der Waals surface area contributed by atoms with Crippen LogP contribution in [0.15, 0.2) is 23.7 Å². The molecule has 0 unspecified atom stereocenters. The van der Waals surface area contributed by atoms with E-state index in [1.54, 1.807) is 0 Å². The van der Waals surface area contributed by atoms with Crippen molar-refractivity contribution in [2.24, 2.45) is 10.9 Å². The number of hydrogen-bond acceptors (Lipinski definition) is 2. The van der Waals surface area contributed by atoms with Crippen LogP contribution in [0.3, 0.4) is 0 Å². The Labute approximate surface area is 133 Å². The maximum Gasteiger partial charge on any atom is 0.191 e. The van der Waals surface area contributed by atoms with Crippen LogP contribution >= 0.6 is 24.0 Å². The van der Waals surface area contributed by atoms with Gasteiger partial charge in [0.25, 0.3) is 0 Å². The maximum atomic E-state index is 4.52. The minimum atomic E-state index is 0. The van der Waals surface area contributed by atoms with Gasteiger partial charge in [-0.25, -0.2) is 4.98 Å². The molecule has 0 aliphatic heterocycles. The lowest BCUT2D eigenvalue weighted by Crippen LogP contribution is -2.38. The van der Waals surface area contributed by atoms with Crippen LogP contribution in [0.25, 0.3) is 0 Å². The molecule has 0 fully saturated rings. The molecule has 0 spiro atoms. The van der Waals surface area contributed by atoms with E-state index in [0.717, 1.165) is 38.6 Å². The molecule has 0 aliphatic rings. The van der Waals surface area contributed by atoms with E-state index in [4.69, 9.17) is 0 Å². The lowest BCUT2D eigenvalue weighted by atomic mass is 10.2. The Bertz CT molecular complexity index is 335. The fourth-order valence-corrected chi connectivity index (χ4v) is 1.50. The molecule has 0 aliphatic carbocycles. The normalized spacial score (nSPS) is 11.3. The van der Waals surface area contributed by atoms with Gasteiger partial charge in [0, 0.05) is 38.6 Å². The maximum absolute atomic E-state index is 4.52. The smallest absolute Gasteiger partial charge is 0.191 e. The van der Waals surface area contributed by atoms with E-state index in [1.807, 2.05) is 18.7 Å². The minimum absolute atomic E-state index is 0. The summed E-state index contributed by atoms with van der Waals surface area (Å²) in [4.78, 5) is 8.54. The molecule has 1 aromatic heterocycles. The van der Waals surface area contributed by atoms with E-state index in [9.17, 15) is 0 Å². The van der Waals surface area contributed by atoms with Crippen molar-refractivity contribution in [3.8, 4) is 0 Å². The second kappa shape index (κ2) is 11.1. The van der Waals surface area contributed by atoms with E-state index in [-0.39, 0.29) is 24.0 Å². The third-order valence-electron chi connectivity index (χ3n) is 2.40. The number of rotatable bonds is 7. The quantitative estimate of drug-likeness (QED) is 0.330. The van der Waals surface area contributed by atoms with Crippen molar-refractivity contribution < 1.29 is 0 Å². The van der Waals surface area contributed by atoms with Gasteiger partial charge in [0.05, 0.1) is 6.33 Å². The molecule has 6 heteroatoms. The molecule has 0 atom stereocenters. The summed E-state index contributed by atoms with van der Waals surface area (Å²) in [5, 5.41) is 6.59. The van der Waals surface area contributed by atoms with Crippen LogP contribution < -0.4 is 10.6 Å². The molecule has 2 N–H and O–H groups in total. The fourth-order valence-electron chi connectivity index (χ4n) is 1.50. The summed E-state index contributed by atoms with van der Waals surface area (Å²) in [7, 11) is 0. The van der Waals surface area contributed by atoms with Gasteiger partial charge in [-0.2, -0.15) is 0 Å². The molecule has 0 saturated heterocycles. The first-order chi connectivity index (χ1) is 8.72. The molecule has 0 amide bonds. The second-order valence-corrected chi connectivity index (χ2v) is 4.69. The SMILES string of the molecule is CCNC(=NCC(C)C)NCCCn1ccnc1.I. The number of imidazole rings is 1. The molecule has 19 heavy (non-hydrogen) atoms. The van der Waals surface area contributed by atoms with Gasteiger partial charge in [-0.3, -0.25) is 4.99 Å². The van der Waals surface area contributed by atoms with Crippen molar-refractivity contribution in [2.75, 3.05) is 19.6 Å². The van der Waals surface area contributed by atoms with Gasteiger partial charge in [-0.05, 0) is 19.3 Å². The number of aryl methyl sites for hydroxylation is 1. The highest BCUT2D eigenvalue weighted by molar-refractivity contribution is 14.0. The zero-order valence-electron chi connectivity index (χ0n) is 12.1. The standard InChI is InChI=1S/C13H25N5.HI/c1-4-15-13(17-10-12(2)3)16-6-5-8-18-9-7-14-11-18;/h7,9,11-12H,4-6,8,10H2,1-3H3,(H2,15,16,17);1H. The number of guanidine groups is 1. The van der Waals surface area contributed by atoms with Gasteiger partial charge in [-0.1, -0.05) is 13.8 Å². The Kier molecular flexibility index (Phi) is 10.6. The average molecular weight is 379 g/mol. The molecule has 5 nitrogen and oxygen atoms in total. The molecule has 0 radical (unpaired) electrons. The van der Waals surface area contributed by atoms with E-state index >= 15 is 0 Å². The van der Waals surface area contributed by atoms with Crippen LogP contribution in [-0.4, -0.2) is 35.1 Å². The molecular weight excluding hydrogens is 353 g/mol. The number of aromatic nitrogens is 2. The Hall–Kier alpha value is -0.790. The second-order valence-electron chi connectivity index (χ2n) is 4.69. The molecule has 0 bridgehead atoms. The highest BCUT2D eigenvalue weighted by atomic mass is 127. The highest BCUT2D eigenvalue weighted by Crippen LogP contribution is 1.92. The summed E-state index contributed by atoms with van der Waals surface area (Å²) < 4.78 is 2.08. The molecule has 1 heterocycles. The first-order valence-electron chi connectivity index (χ1n) is 6.70. The van der Waals surface area contributed by atoms with Crippen LogP contribution in [0.2, 0.25) is 0 Å². The molecule has 0 saturated carbocycles. The largest absolute Gasteiger partial charge is 0.357 e. The summed E-state index contributed by atoms with van der Waals surface area (Å²) in [6, 6.07) is 0. The lowest BCUT2D eigenvalue weighted by molar-refractivity contribution is 0.619. The zero-order chi connectivity index (χ0) is 13.2. The monoisotopic (exact) mass is 379 g/mol. The first kappa shape index (κ1) is 18.2. The van der Waals surface area contributed by atoms with Crippen molar-refractivity contribution in [1.82, 2.24) is 20.2 Å². The molecule has 1 rings (SSSR count). The van der Waals surface area contributed by atoms with E-state index in [1.165, 1.54) is 0 Å². The average Bonchev–Trinajstić information content (AvgIpc) is 2.84. The predicted octanol–water partition coefficient (Wildman–Crippen LogP) is 2.10. The molecule has 110 valence electrons. The Balaban J connectivity index is 0.00000324. The summed E-state index contributed by atoms with van der Waals surface area (Å²) >= 11 is 0. The zero-order valence-corrected chi connectivity index (χ0v) is 14.4. The van der Waals surface area contributed by atoms with Crippen LogP contribution in [0, 0.1) is 5.92 Å². The Morgan fingerprint density at radius 3 is 2.74 bits per heavy atom. The van der Waals surface area contributed by atoms with Crippen molar-refractivity contribution in [3.05, 3.63) is 18.7 Å². The molecular formula is C13H26IN5.